The highest BCUT2D eigenvalue weighted by atomic mass is 79.9. The van der Waals surface area contributed by atoms with Gasteiger partial charge in [0.2, 0.25) is 0 Å². The Bertz CT molecular complexity index is 696. The molecule has 2 aromatic rings. The van der Waals surface area contributed by atoms with Crippen molar-refractivity contribution in [3.05, 3.63) is 46.2 Å². The van der Waals surface area contributed by atoms with Crippen molar-refractivity contribution in [1.82, 2.24) is 9.97 Å². The van der Waals surface area contributed by atoms with Gasteiger partial charge in [-0.25, -0.2) is 9.97 Å². The number of hydrogen-bond donors (Lipinski definition) is 0. The van der Waals surface area contributed by atoms with E-state index < -0.39 is 0 Å². The van der Waals surface area contributed by atoms with Gasteiger partial charge in [0, 0.05) is 21.9 Å². The van der Waals surface area contributed by atoms with Crippen LogP contribution in [0.2, 0.25) is 0 Å². The summed E-state index contributed by atoms with van der Waals surface area (Å²) in [5.74, 6) is 1.70. The molecule has 0 aliphatic heterocycles. The SMILES string of the molecule is CCCCCCCCCCC1CCc2nc(-c3ccc(Br)cc3)ncc2C1. The first-order valence-corrected chi connectivity index (χ1v) is 11.7. The highest BCUT2D eigenvalue weighted by Crippen LogP contribution is 2.29. The van der Waals surface area contributed by atoms with Crippen LogP contribution in [-0.4, -0.2) is 9.97 Å². The number of unbranched alkanes of at least 4 members (excludes halogenated alkanes) is 7. The molecule has 0 N–H and O–H groups in total. The number of benzene rings is 1. The van der Waals surface area contributed by atoms with Crippen LogP contribution in [-0.2, 0) is 12.8 Å². The van der Waals surface area contributed by atoms with Gasteiger partial charge < -0.3 is 0 Å². The summed E-state index contributed by atoms with van der Waals surface area (Å²) in [7, 11) is 0. The number of aryl methyl sites for hydroxylation is 1. The van der Waals surface area contributed by atoms with E-state index in [4.69, 9.17) is 4.98 Å². The normalized spacial score (nSPS) is 16.3. The average Bonchev–Trinajstić information content (AvgIpc) is 2.70. The Kier molecular flexibility index (Phi) is 8.32. The van der Waals surface area contributed by atoms with Gasteiger partial charge in [-0.3, -0.25) is 0 Å². The molecule has 1 heterocycles. The predicted molar refractivity (Wildman–Crippen MR) is 118 cm³/mol. The van der Waals surface area contributed by atoms with Gasteiger partial charge in [-0.1, -0.05) is 92.8 Å². The van der Waals surface area contributed by atoms with Gasteiger partial charge in [0.05, 0.1) is 0 Å². The molecule has 0 radical (unpaired) electrons. The topological polar surface area (TPSA) is 25.8 Å². The van der Waals surface area contributed by atoms with Crippen LogP contribution >= 0.6 is 15.9 Å². The molecule has 1 aromatic heterocycles. The van der Waals surface area contributed by atoms with Crippen LogP contribution in [0.1, 0.15) is 82.4 Å². The molecule has 1 aliphatic carbocycles. The quantitative estimate of drug-likeness (QED) is 0.365. The highest BCUT2D eigenvalue weighted by molar-refractivity contribution is 9.10. The molecule has 3 heteroatoms. The van der Waals surface area contributed by atoms with E-state index in [1.807, 2.05) is 0 Å². The zero-order valence-corrected chi connectivity index (χ0v) is 18.3. The lowest BCUT2D eigenvalue weighted by Gasteiger charge is -2.24. The number of halogens is 1. The van der Waals surface area contributed by atoms with Crippen LogP contribution in [0.25, 0.3) is 11.4 Å². The van der Waals surface area contributed by atoms with E-state index in [2.05, 4.69) is 58.3 Å². The number of fused-ring (bicyclic) bond motifs is 1. The highest BCUT2D eigenvalue weighted by Gasteiger charge is 2.20. The second-order valence-electron chi connectivity index (χ2n) is 8.04. The first kappa shape index (κ1) is 20.5. The molecule has 0 saturated carbocycles. The summed E-state index contributed by atoms with van der Waals surface area (Å²) in [6, 6.07) is 8.27. The van der Waals surface area contributed by atoms with E-state index in [9.17, 15) is 0 Å². The fourth-order valence-electron chi connectivity index (χ4n) is 4.13. The minimum Gasteiger partial charge on any atom is -0.236 e. The van der Waals surface area contributed by atoms with E-state index in [0.29, 0.717) is 0 Å². The van der Waals surface area contributed by atoms with Gasteiger partial charge in [0.25, 0.3) is 0 Å². The molecular formula is C24H33BrN2. The summed E-state index contributed by atoms with van der Waals surface area (Å²) >= 11 is 3.49. The maximum atomic E-state index is 4.87. The largest absolute Gasteiger partial charge is 0.236 e. The number of aromatic nitrogens is 2. The van der Waals surface area contributed by atoms with Crippen molar-refractivity contribution < 1.29 is 0 Å². The zero-order chi connectivity index (χ0) is 18.9. The van der Waals surface area contributed by atoms with E-state index >= 15 is 0 Å². The molecule has 0 amide bonds. The van der Waals surface area contributed by atoms with Crippen LogP contribution < -0.4 is 0 Å². The van der Waals surface area contributed by atoms with Crippen LogP contribution in [0, 0.1) is 5.92 Å². The molecule has 0 saturated heterocycles. The lowest BCUT2D eigenvalue weighted by Crippen LogP contribution is -2.16. The zero-order valence-electron chi connectivity index (χ0n) is 16.7. The molecule has 3 rings (SSSR count). The Labute approximate surface area is 173 Å². The third-order valence-electron chi connectivity index (χ3n) is 5.82. The fourth-order valence-corrected chi connectivity index (χ4v) is 4.40. The van der Waals surface area contributed by atoms with Crippen molar-refractivity contribution in [2.45, 2.75) is 84.0 Å². The smallest absolute Gasteiger partial charge is 0.159 e. The van der Waals surface area contributed by atoms with Crippen molar-refractivity contribution in [3.63, 3.8) is 0 Å². The first-order chi connectivity index (χ1) is 13.3. The fraction of sp³-hybridized carbons (Fsp3) is 0.583. The lowest BCUT2D eigenvalue weighted by atomic mass is 9.84. The monoisotopic (exact) mass is 428 g/mol. The summed E-state index contributed by atoms with van der Waals surface area (Å²) in [6.07, 6.45) is 18.3. The molecule has 1 aliphatic rings. The second kappa shape index (κ2) is 10.9. The molecule has 1 atom stereocenters. The van der Waals surface area contributed by atoms with Gasteiger partial charge in [-0.05, 0) is 42.9 Å². The summed E-state index contributed by atoms with van der Waals surface area (Å²) in [6.45, 7) is 2.29. The van der Waals surface area contributed by atoms with Crippen LogP contribution in [0.4, 0.5) is 0 Å². The maximum absolute atomic E-state index is 4.87. The van der Waals surface area contributed by atoms with Crippen molar-refractivity contribution in [3.8, 4) is 11.4 Å². The molecular weight excluding hydrogens is 396 g/mol. The average molecular weight is 429 g/mol. The molecule has 27 heavy (non-hydrogen) atoms. The summed E-state index contributed by atoms with van der Waals surface area (Å²) in [5.41, 5.74) is 3.75. The molecule has 0 fully saturated rings. The standard InChI is InChI=1S/C24H33BrN2/c1-2-3-4-5-6-7-8-9-10-19-11-16-23-21(17-19)18-26-24(27-23)20-12-14-22(25)15-13-20/h12-15,18-19H,2-11,16-17H2,1H3. The lowest BCUT2D eigenvalue weighted by molar-refractivity contribution is 0.399. The summed E-state index contributed by atoms with van der Waals surface area (Å²) < 4.78 is 1.09. The Morgan fingerprint density at radius 3 is 2.41 bits per heavy atom. The molecule has 1 aromatic carbocycles. The molecule has 1 unspecified atom stereocenters. The molecule has 2 nitrogen and oxygen atoms in total. The third kappa shape index (κ3) is 6.41. The molecule has 0 bridgehead atoms. The van der Waals surface area contributed by atoms with E-state index in [1.54, 1.807) is 0 Å². The van der Waals surface area contributed by atoms with E-state index in [-0.39, 0.29) is 0 Å². The molecule has 146 valence electrons. The van der Waals surface area contributed by atoms with E-state index in [0.717, 1.165) is 28.2 Å². The Morgan fingerprint density at radius 2 is 1.67 bits per heavy atom. The first-order valence-electron chi connectivity index (χ1n) is 10.9. The van der Waals surface area contributed by atoms with Crippen molar-refractivity contribution >= 4 is 15.9 Å². The van der Waals surface area contributed by atoms with Crippen LogP contribution in [0.5, 0.6) is 0 Å². The van der Waals surface area contributed by atoms with Crippen LogP contribution in [0.15, 0.2) is 34.9 Å². The minimum atomic E-state index is 0.833. The van der Waals surface area contributed by atoms with Gasteiger partial charge in [0.1, 0.15) is 0 Å². The predicted octanol–water partition coefficient (Wildman–Crippen LogP) is 7.54. The van der Waals surface area contributed by atoms with Gasteiger partial charge in [0.15, 0.2) is 5.82 Å². The summed E-state index contributed by atoms with van der Waals surface area (Å²) in [4.78, 5) is 9.51. The Hall–Kier alpha value is -1.22. The van der Waals surface area contributed by atoms with E-state index in [1.165, 1.54) is 81.9 Å². The van der Waals surface area contributed by atoms with Gasteiger partial charge in [-0.2, -0.15) is 0 Å². The second-order valence-corrected chi connectivity index (χ2v) is 8.96. The minimum absolute atomic E-state index is 0.833. The number of hydrogen-bond acceptors (Lipinski definition) is 2. The Morgan fingerprint density at radius 1 is 0.963 bits per heavy atom. The summed E-state index contributed by atoms with van der Waals surface area (Å²) in [5, 5.41) is 0. The van der Waals surface area contributed by atoms with Crippen molar-refractivity contribution in [2.75, 3.05) is 0 Å². The third-order valence-corrected chi connectivity index (χ3v) is 6.35. The maximum Gasteiger partial charge on any atom is 0.159 e. The number of nitrogens with zero attached hydrogens (tertiary/aromatic N) is 2. The Balaban J connectivity index is 1.43. The van der Waals surface area contributed by atoms with Crippen molar-refractivity contribution in [1.29, 1.82) is 0 Å². The number of rotatable bonds is 10. The van der Waals surface area contributed by atoms with Crippen molar-refractivity contribution in [2.24, 2.45) is 5.92 Å². The van der Waals surface area contributed by atoms with Gasteiger partial charge in [-0.15, -0.1) is 0 Å². The van der Waals surface area contributed by atoms with Gasteiger partial charge >= 0.3 is 0 Å². The molecule has 0 spiro atoms. The van der Waals surface area contributed by atoms with Crippen LogP contribution in [0.3, 0.4) is 0 Å².